The highest BCUT2D eigenvalue weighted by Crippen LogP contribution is 2.47. The Morgan fingerprint density at radius 1 is 1.23 bits per heavy atom. The van der Waals surface area contributed by atoms with Gasteiger partial charge in [-0.15, -0.1) is 0 Å². The number of nitrogens with two attached hydrogens (primary N) is 1. The molecular formula is C21H26FN3O. The molecule has 138 valence electrons. The molecule has 0 aliphatic heterocycles. The van der Waals surface area contributed by atoms with Gasteiger partial charge >= 0.3 is 6.03 Å². The fourth-order valence-electron chi connectivity index (χ4n) is 3.32. The van der Waals surface area contributed by atoms with Crippen molar-refractivity contribution in [3.63, 3.8) is 0 Å². The first-order valence-corrected chi connectivity index (χ1v) is 9.07. The van der Waals surface area contributed by atoms with Crippen LogP contribution in [0.2, 0.25) is 0 Å². The molecule has 1 saturated carbocycles. The number of benzene rings is 2. The van der Waals surface area contributed by atoms with Crippen LogP contribution in [0.25, 0.3) is 0 Å². The second kappa shape index (κ2) is 7.87. The summed E-state index contributed by atoms with van der Waals surface area (Å²) in [6.07, 6.45) is 2.39. The van der Waals surface area contributed by atoms with Crippen molar-refractivity contribution < 1.29 is 9.18 Å². The summed E-state index contributed by atoms with van der Waals surface area (Å²) in [5.41, 5.74) is 8.27. The lowest BCUT2D eigenvalue weighted by atomic mass is 9.97. The van der Waals surface area contributed by atoms with Gasteiger partial charge in [0.1, 0.15) is 5.82 Å². The van der Waals surface area contributed by atoms with E-state index < -0.39 is 0 Å². The summed E-state index contributed by atoms with van der Waals surface area (Å²) < 4.78 is 13.1. The van der Waals surface area contributed by atoms with Gasteiger partial charge < -0.3 is 16.4 Å². The third kappa shape index (κ3) is 4.61. The zero-order valence-corrected chi connectivity index (χ0v) is 15.0. The van der Waals surface area contributed by atoms with E-state index in [1.54, 1.807) is 12.1 Å². The van der Waals surface area contributed by atoms with E-state index >= 15 is 0 Å². The highest BCUT2D eigenvalue weighted by Gasteiger charge is 2.52. The average molecular weight is 355 g/mol. The molecule has 3 atom stereocenters. The molecule has 0 saturated heterocycles. The molecule has 2 amide bonds. The normalized spacial score (nSPS) is 22.5. The molecular weight excluding hydrogens is 329 g/mol. The smallest absolute Gasteiger partial charge is 0.315 e. The van der Waals surface area contributed by atoms with Gasteiger partial charge in [0.25, 0.3) is 0 Å². The van der Waals surface area contributed by atoms with Crippen LogP contribution in [0, 0.1) is 5.82 Å². The summed E-state index contributed by atoms with van der Waals surface area (Å²) in [6.45, 7) is 2.63. The predicted molar refractivity (Wildman–Crippen MR) is 101 cm³/mol. The van der Waals surface area contributed by atoms with Gasteiger partial charge in [0.2, 0.25) is 0 Å². The van der Waals surface area contributed by atoms with Crippen molar-refractivity contribution in [1.82, 2.24) is 10.6 Å². The predicted octanol–water partition coefficient (Wildman–Crippen LogP) is 3.12. The van der Waals surface area contributed by atoms with Gasteiger partial charge in [-0.25, -0.2) is 9.18 Å². The summed E-state index contributed by atoms with van der Waals surface area (Å²) in [7, 11) is 0. The van der Waals surface area contributed by atoms with Gasteiger partial charge in [0.05, 0.1) is 0 Å². The maximum absolute atomic E-state index is 13.1. The zero-order chi connectivity index (χ0) is 18.6. The third-order valence-corrected chi connectivity index (χ3v) is 5.19. The van der Waals surface area contributed by atoms with E-state index in [1.807, 2.05) is 18.2 Å². The Hall–Kier alpha value is -2.40. The van der Waals surface area contributed by atoms with E-state index in [9.17, 15) is 9.18 Å². The minimum absolute atomic E-state index is 0.0168. The molecule has 1 aliphatic carbocycles. The number of hydrogen-bond donors (Lipinski definition) is 3. The number of carbonyl (C=O) groups is 1. The minimum atomic E-state index is -0.243. The van der Waals surface area contributed by atoms with Crippen LogP contribution in [-0.4, -0.2) is 24.7 Å². The van der Waals surface area contributed by atoms with Crippen LogP contribution < -0.4 is 16.4 Å². The molecule has 4 nitrogen and oxygen atoms in total. The summed E-state index contributed by atoms with van der Waals surface area (Å²) in [6, 6.07) is 16.5. The van der Waals surface area contributed by atoms with Gasteiger partial charge in [-0.1, -0.05) is 49.4 Å². The number of amides is 2. The zero-order valence-electron chi connectivity index (χ0n) is 15.0. The van der Waals surface area contributed by atoms with Crippen molar-refractivity contribution in [2.75, 3.05) is 6.54 Å². The lowest BCUT2D eigenvalue weighted by Crippen LogP contribution is -2.41. The van der Waals surface area contributed by atoms with E-state index in [0.717, 1.165) is 24.8 Å². The molecule has 5 heteroatoms. The van der Waals surface area contributed by atoms with Gasteiger partial charge in [-0.2, -0.15) is 0 Å². The highest BCUT2D eigenvalue weighted by molar-refractivity contribution is 5.75. The molecule has 0 heterocycles. The van der Waals surface area contributed by atoms with E-state index in [-0.39, 0.29) is 29.3 Å². The fraction of sp³-hybridized carbons (Fsp3) is 0.381. The molecule has 3 unspecified atom stereocenters. The van der Waals surface area contributed by atoms with Crippen LogP contribution in [-0.2, 0) is 11.8 Å². The second-order valence-corrected chi connectivity index (χ2v) is 7.32. The molecule has 0 aromatic heterocycles. The van der Waals surface area contributed by atoms with E-state index in [1.165, 1.54) is 17.7 Å². The highest BCUT2D eigenvalue weighted by atomic mass is 19.1. The Morgan fingerprint density at radius 2 is 1.92 bits per heavy atom. The first-order chi connectivity index (χ1) is 12.5. The van der Waals surface area contributed by atoms with Crippen molar-refractivity contribution in [3.05, 3.63) is 71.5 Å². The number of urea groups is 1. The van der Waals surface area contributed by atoms with Crippen LogP contribution in [0.1, 0.15) is 30.9 Å². The molecule has 2 aromatic rings. The first-order valence-electron chi connectivity index (χ1n) is 9.07. The summed E-state index contributed by atoms with van der Waals surface area (Å²) in [4.78, 5) is 12.1. The summed E-state index contributed by atoms with van der Waals surface area (Å²) in [5, 5.41) is 5.88. The molecule has 26 heavy (non-hydrogen) atoms. The van der Waals surface area contributed by atoms with Gasteiger partial charge in [0.15, 0.2) is 0 Å². The number of carbonyl (C=O) groups excluding carboxylic acids is 1. The monoisotopic (exact) mass is 355 g/mol. The van der Waals surface area contributed by atoms with Crippen molar-refractivity contribution in [1.29, 1.82) is 0 Å². The molecule has 4 N–H and O–H groups in total. The Morgan fingerprint density at radius 3 is 2.62 bits per heavy atom. The topological polar surface area (TPSA) is 67.2 Å². The van der Waals surface area contributed by atoms with Crippen molar-refractivity contribution >= 4 is 6.03 Å². The Labute approximate surface area is 154 Å². The maximum atomic E-state index is 13.1. The van der Waals surface area contributed by atoms with Crippen LogP contribution in [0.3, 0.4) is 0 Å². The van der Waals surface area contributed by atoms with Crippen molar-refractivity contribution in [3.8, 4) is 0 Å². The Kier molecular flexibility index (Phi) is 5.57. The SMILES string of the molecule is CC1(c2ccc(F)cc2)CC1NC(=O)NCCC(N)Cc1ccccc1. The molecule has 3 rings (SSSR count). The van der Waals surface area contributed by atoms with Gasteiger partial charge in [0, 0.05) is 24.0 Å². The standard InChI is InChI=1S/C21H26FN3O/c1-21(16-7-9-17(22)10-8-16)14-19(21)25-20(26)24-12-11-18(23)13-15-5-3-2-4-6-15/h2-10,18-19H,11-14,23H2,1H3,(H2,24,25,26). The maximum Gasteiger partial charge on any atom is 0.315 e. The number of halogens is 1. The molecule has 2 aromatic carbocycles. The summed E-state index contributed by atoms with van der Waals surface area (Å²) >= 11 is 0. The average Bonchev–Trinajstić information content (AvgIpc) is 3.27. The third-order valence-electron chi connectivity index (χ3n) is 5.19. The molecule has 1 fully saturated rings. The van der Waals surface area contributed by atoms with Crippen LogP contribution in [0.5, 0.6) is 0 Å². The summed E-state index contributed by atoms with van der Waals surface area (Å²) in [5.74, 6) is -0.243. The van der Waals surface area contributed by atoms with Crippen LogP contribution in [0.15, 0.2) is 54.6 Å². The van der Waals surface area contributed by atoms with Crippen molar-refractivity contribution in [2.45, 2.75) is 43.7 Å². The Balaban J connectivity index is 1.38. The van der Waals surface area contributed by atoms with E-state index in [2.05, 4.69) is 29.7 Å². The number of rotatable bonds is 7. The lowest BCUT2D eigenvalue weighted by Gasteiger charge is -2.15. The van der Waals surface area contributed by atoms with E-state index in [4.69, 9.17) is 5.73 Å². The molecule has 1 aliphatic rings. The van der Waals surface area contributed by atoms with Gasteiger partial charge in [-0.3, -0.25) is 0 Å². The largest absolute Gasteiger partial charge is 0.338 e. The molecule has 0 bridgehead atoms. The minimum Gasteiger partial charge on any atom is -0.338 e. The number of hydrogen-bond acceptors (Lipinski definition) is 2. The Bertz CT molecular complexity index is 735. The van der Waals surface area contributed by atoms with Crippen LogP contribution >= 0.6 is 0 Å². The molecule has 0 radical (unpaired) electrons. The fourth-order valence-corrected chi connectivity index (χ4v) is 3.32. The van der Waals surface area contributed by atoms with Crippen molar-refractivity contribution in [2.24, 2.45) is 5.73 Å². The quantitative estimate of drug-likeness (QED) is 0.714. The van der Waals surface area contributed by atoms with E-state index in [0.29, 0.717) is 6.54 Å². The molecule has 0 spiro atoms. The number of nitrogens with one attached hydrogen (secondary N) is 2. The van der Waals surface area contributed by atoms with Gasteiger partial charge in [-0.05, 0) is 42.5 Å². The first kappa shape index (κ1) is 18.4. The van der Waals surface area contributed by atoms with Crippen LogP contribution in [0.4, 0.5) is 9.18 Å². The lowest BCUT2D eigenvalue weighted by molar-refractivity contribution is 0.239. The second-order valence-electron chi connectivity index (χ2n) is 7.32.